The van der Waals surface area contributed by atoms with Crippen LogP contribution >= 0.6 is 0 Å². The largest absolute Gasteiger partial charge is 0.369 e. The Morgan fingerprint density at radius 1 is 1.11 bits per heavy atom. The van der Waals surface area contributed by atoms with E-state index in [-0.39, 0.29) is 11.9 Å². The molecule has 0 bridgehead atoms. The monoisotopic (exact) mass is 380 g/mol. The fourth-order valence-electron chi connectivity index (χ4n) is 4.07. The van der Waals surface area contributed by atoms with E-state index in [2.05, 4.69) is 5.32 Å². The van der Waals surface area contributed by atoms with Crippen molar-refractivity contribution in [3.8, 4) is 0 Å². The molecule has 3 N–H and O–H groups in total. The minimum atomic E-state index is -0.657. The fourth-order valence-corrected chi connectivity index (χ4v) is 4.07. The number of aryl methyl sites for hydroxylation is 1. The Morgan fingerprint density at radius 3 is 2.22 bits per heavy atom. The van der Waals surface area contributed by atoms with Gasteiger partial charge >= 0.3 is 0 Å². The van der Waals surface area contributed by atoms with Gasteiger partial charge < -0.3 is 11.1 Å². The molecule has 150 valence electrons. The summed E-state index contributed by atoms with van der Waals surface area (Å²) in [5, 5.41) is 2.90. The number of hydrogen-bond acceptors (Lipinski definition) is 2. The van der Waals surface area contributed by atoms with Crippen LogP contribution < -0.4 is 11.1 Å². The fraction of sp³-hybridized carbons (Fsp3) is 0.619. The molecule has 0 radical (unpaired) electrons. The number of halogens is 2. The molecule has 2 atom stereocenters. The lowest BCUT2D eigenvalue weighted by atomic mass is 9.79. The number of benzene rings is 1. The highest BCUT2D eigenvalue weighted by Crippen LogP contribution is 2.34. The van der Waals surface area contributed by atoms with Gasteiger partial charge in [-0.3, -0.25) is 9.59 Å². The first-order valence-corrected chi connectivity index (χ1v) is 9.81. The second-order valence-electron chi connectivity index (χ2n) is 7.98. The topological polar surface area (TPSA) is 72.2 Å². The van der Waals surface area contributed by atoms with E-state index in [0.29, 0.717) is 30.7 Å². The molecule has 2 amide bonds. The van der Waals surface area contributed by atoms with Gasteiger partial charge in [-0.25, -0.2) is 8.78 Å². The molecule has 1 saturated carbocycles. The number of primary amides is 1. The molecule has 27 heavy (non-hydrogen) atoms. The van der Waals surface area contributed by atoms with Crippen molar-refractivity contribution in [3.63, 3.8) is 0 Å². The molecule has 0 aliphatic heterocycles. The second kappa shape index (κ2) is 9.81. The maximum absolute atomic E-state index is 13.4. The van der Waals surface area contributed by atoms with E-state index in [1.165, 1.54) is 12.1 Å². The summed E-state index contributed by atoms with van der Waals surface area (Å²) < 4.78 is 26.8. The molecule has 0 aromatic heterocycles. The normalized spacial score (nSPS) is 17.1. The Labute approximate surface area is 159 Å². The Hall–Kier alpha value is -1.98. The number of amides is 2. The maximum atomic E-state index is 13.4. The van der Waals surface area contributed by atoms with Gasteiger partial charge in [-0.05, 0) is 56.7 Å². The van der Waals surface area contributed by atoms with Gasteiger partial charge in [0.05, 0.1) is 0 Å². The zero-order valence-electron chi connectivity index (χ0n) is 16.1. The third-order valence-electron chi connectivity index (χ3n) is 5.35. The first-order chi connectivity index (χ1) is 12.8. The van der Waals surface area contributed by atoms with Gasteiger partial charge in [-0.15, -0.1) is 0 Å². The molecular formula is C21H30F2N2O2. The Morgan fingerprint density at radius 2 is 1.70 bits per heavy atom. The highest BCUT2D eigenvalue weighted by molar-refractivity contribution is 5.87. The van der Waals surface area contributed by atoms with Crippen LogP contribution in [-0.2, 0) is 16.0 Å². The van der Waals surface area contributed by atoms with E-state index < -0.39 is 29.4 Å². The predicted octanol–water partition coefficient (Wildman–Crippen LogP) is 3.72. The minimum absolute atomic E-state index is 0.0329. The number of hydrogen-bond donors (Lipinski definition) is 2. The van der Waals surface area contributed by atoms with Crippen LogP contribution in [0.2, 0.25) is 0 Å². The summed E-state index contributed by atoms with van der Waals surface area (Å²) in [6, 6.07) is 3.28. The predicted molar refractivity (Wildman–Crippen MR) is 101 cm³/mol. The molecule has 0 spiro atoms. The third-order valence-corrected chi connectivity index (χ3v) is 5.35. The van der Waals surface area contributed by atoms with Gasteiger partial charge in [0.25, 0.3) is 0 Å². The van der Waals surface area contributed by atoms with Crippen LogP contribution in [-0.4, -0.2) is 17.9 Å². The van der Waals surface area contributed by atoms with Crippen LogP contribution in [0.1, 0.15) is 57.9 Å². The van der Waals surface area contributed by atoms with E-state index >= 15 is 0 Å². The number of nitrogens with one attached hydrogen (secondary N) is 1. The molecule has 0 heterocycles. The lowest BCUT2D eigenvalue weighted by Gasteiger charge is -2.27. The Balaban J connectivity index is 2.15. The van der Waals surface area contributed by atoms with Crippen molar-refractivity contribution >= 4 is 11.8 Å². The van der Waals surface area contributed by atoms with Gasteiger partial charge in [0, 0.05) is 23.9 Å². The number of carbonyl (C=O) groups is 2. The molecular weight excluding hydrogens is 350 g/mol. The van der Waals surface area contributed by atoms with E-state index in [4.69, 9.17) is 5.73 Å². The summed E-state index contributed by atoms with van der Waals surface area (Å²) in [6.07, 6.45) is 5.63. The number of carbonyl (C=O) groups excluding carboxylic acids is 2. The molecule has 0 saturated heterocycles. The van der Waals surface area contributed by atoms with Crippen LogP contribution in [0.5, 0.6) is 0 Å². The quantitative estimate of drug-likeness (QED) is 0.685. The third kappa shape index (κ3) is 6.60. The molecule has 2 rings (SSSR count). The average Bonchev–Trinajstić information content (AvgIpc) is 3.05. The summed E-state index contributed by atoms with van der Waals surface area (Å²) >= 11 is 0. The smallest absolute Gasteiger partial charge is 0.224 e. The zero-order chi connectivity index (χ0) is 20.0. The van der Waals surface area contributed by atoms with Gasteiger partial charge in [0.15, 0.2) is 0 Å². The van der Waals surface area contributed by atoms with E-state index in [1.807, 2.05) is 13.8 Å². The van der Waals surface area contributed by atoms with Crippen LogP contribution in [0.4, 0.5) is 8.78 Å². The van der Waals surface area contributed by atoms with E-state index in [1.54, 1.807) is 0 Å². The van der Waals surface area contributed by atoms with Crippen molar-refractivity contribution < 1.29 is 18.4 Å². The van der Waals surface area contributed by atoms with Crippen molar-refractivity contribution in [2.75, 3.05) is 0 Å². The molecule has 1 aliphatic rings. The van der Waals surface area contributed by atoms with Gasteiger partial charge in [-0.2, -0.15) is 0 Å². The average molecular weight is 380 g/mol. The molecule has 1 aliphatic carbocycles. The summed E-state index contributed by atoms with van der Waals surface area (Å²) in [5.41, 5.74) is 6.10. The number of rotatable bonds is 9. The highest BCUT2D eigenvalue weighted by atomic mass is 19.1. The van der Waals surface area contributed by atoms with E-state index in [9.17, 15) is 18.4 Å². The summed E-state index contributed by atoms with van der Waals surface area (Å²) in [7, 11) is 0. The van der Waals surface area contributed by atoms with Gasteiger partial charge in [0.2, 0.25) is 11.8 Å². The lowest BCUT2D eigenvalue weighted by molar-refractivity contribution is -0.134. The Kier molecular flexibility index (Phi) is 7.75. The molecule has 1 aromatic carbocycles. The lowest BCUT2D eigenvalue weighted by Crippen LogP contribution is -2.43. The van der Waals surface area contributed by atoms with E-state index in [0.717, 1.165) is 31.7 Å². The highest BCUT2D eigenvalue weighted by Gasteiger charge is 2.35. The number of nitrogens with two attached hydrogens (primary N) is 1. The summed E-state index contributed by atoms with van der Waals surface area (Å²) in [4.78, 5) is 24.9. The first-order valence-electron chi connectivity index (χ1n) is 9.81. The molecule has 6 heteroatoms. The summed E-state index contributed by atoms with van der Waals surface area (Å²) in [5.74, 6) is -2.75. The SMILES string of the molecule is CC(C)NC(=O)C(CC1CCCC1)[C@H](CCc1cc(F)cc(F)c1)C(N)=O. The van der Waals surface area contributed by atoms with Crippen LogP contribution in [0, 0.1) is 29.4 Å². The molecule has 1 aromatic rings. The second-order valence-corrected chi connectivity index (χ2v) is 7.98. The minimum Gasteiger partial charge on any atom is -0.369 e. The first kappa shape index (κ1) is 21.3. The van der Waals surface area contributed by atoms with Crippen molar-refractivity contribution in [2.24, 2.45) is 23.5 Å². The maximum Gasteiger partial charge on any atom is 0.224 e. The molecule has 4 nitrogen and oxygen atoms in total. The van der Waals surface area contributed by atoms with Crippen molar-refractivity contribution in [3.05, 3.63) is 35.4 Å². The van der Waals surface area contributed by atoms with Crippen LogP contribution in [0.25, 0.3) is 0 Å². The molecule has 1 fully saturated rings. The summed E-state index contributed by atoms with van der Waals surface area (Å²) in [6.45, 7) is 3.75. The van der Waals surface area contributed by atoms with Crippen LogP contribution in [0.15, 0.2) is 18.2 Å². The molecule has 1 unspecified atom stereocenters. The standard InChI is InChI=1S/C21H30F2N2O2/c1-13(2)25-21(27)19(11-14-5-3-4-6-14)18(20(24)26)8-7-15-9-16(22)12-17(23)10-15/h9-10,12-14,18-19H,3-8,11H2,1-2H3,(H2,24,26)(H,25,27)/t18-,19?/m0/s1. The van der Waals surface area contributed by atoms with Gasteiger partial charge in [0.1, 0.15) is 11.6 Å². The van der Waals surface area contributed by atoms with Crippen molar-refractivity contribution in [1.82, 2.24) is 5.32 Å². The van der Waals surface area contributed by atoms with Crippen molar-refractivity contribution in [1.29, 1.82) is 0 Å². The Bertz CT molecular complexity index is 637. The van der Waals surface area contributed by atoms with Crippen molar-refractivity contribution in [2.45, 2.75) is 64.8 Å². The van der Waals surface area contributed by atoms with Gasteiger partial charge in [-0.1, -0.05) is 25.7 Å². The van der Waals surface area contributed by atoms with Crippen LogP contribution in [0.3, 0.4) is 0 Å². The zero-order valence-corrected chi connectivity index (χ0v) is 16.1.